The molecule has 0 fully saturated rings. The number of ether oxygens (including phenoxy) is 2. The van der Waals surface area contributed by atoms with Gasteiger partial charge in [-0.25, -0.2) is 4.79 Å². The number of nitrogens with one attached hydrogen (secondary N) is 1. The van der Waals surface area contributed by atoms with Gasteiger partial charge in [-0.2, -0.15) is 0 Å². The van der Waals surface area contributed by atoms with Gasteiger partial charge in [0.2, 0.25) is 5.91 Å². The zero-order valence-electron chi connectivity index (χ0n) is 16.1. The lowest BCUT2D eigenvalue weighted by molar-refractivity contribution is -0.122. The van der Waals surface area contributed by atoms with E-state index in [0.717, 1.165) is 5.75 Å². The molecule has 0 spiro atoms. The molecule has 0 radical (unpaired) electrons. The van der Waals surface area contributed by atoms with E-state index in [1.54, 1.807) is 20.8 Å². The number of hydrogen-bond acceptors (Lipinski definition) is 4. The number of rotatable bonds is 7. The Hall–Kier alpha value is -2.24. The molecule has 2 amide bonds. The molecule has 0 atom stereocenters. The first-order valence-corrected chi connectivity index (χ1v) is 8.52. The second-order valence-corrected chi connectivity index (χ2v) is 7.26. The van der Waals surface area contributed by atoms with E-state index < -0.39 is 11.7 Å². The molecule has 0 aliphatic rings. The zero-order chi connectivity index (χ0) is 19.0. The maximum absolute atomic E-state index is 11.8. The molecule has 1 rings (SSSR count). The number of carbonyl (C=O) groups is 2. The Bertz CT molecular complexity index is 562. The van der Waals surface area contributed by atoms with Crippen LogP contribution in [0, 0.1) is 0 Å². The second-order valence-electron chi connectivity index (χ2n) is 7.26. The van der Waals surface area contributed by atoms with Crippen LogP contribution in [0.2, 0.25) is 0 Å². The van der Waals surface area contributed by atoms with Gasteiger partial charge in [0.05, 0.1) is 6.54 Å². The van der Waals surface area contributed by atoms with E-state index in [-0.39, 0.29) is 12.5 Å². The molecule has 0 aliphatic heterocycles. The van der Waals surface area contributed by atoms with Crippen molar-refractivity contribution in [2.75, 3.05) is 26.7 Å². The molecule has 140 valence electrons. The van der Waals surface area contributed by atoms with Gasteiger partial charge in [-0.15, -0.1) is 0 Å². The summed E-state index contributed by atoms with van der Waals surface area (Å²) in [5.74, 6) is 0.993. The summed E-state index contributed by atoms with van der Waals surface area (Å²) in [6.07, 6.45) is -0.524. The minimum absolute atomic E-state index is 0.0575. The van der Waals surface area contributed by atoms with Crippen molar-refractivity contribution in [3.63, 3.8) is 0 Å². The van der Waals surface area contributed by atoms with Crippen molar-refractivity contribution >= 4 is 12.0 Å². The molecule has 1 aromatic carbocycles. The first kappa shape index (κ1) is 20.8. The van der Waals surface area contributed by atoms with Crippen LogP contribution in [0.15, 0.2) is 24.3 Å². The molecule has 0 aromatic heterocycles. The third kappa shape index (κ3) is 8.42. The highest BCUT2D eigenvalue weighted by atomic mass is 16.6. The van der Waals surface area contributed by atoms with Crippen LogP contribution in [0.25, 0.3) is 0 Å². The van der Waals surface area contributed by atoms with E-state index in [1.807, 2.05) is 24.3 Å². The van der Waals surface area contributed by atoms with Gasteiger partial charge in [-0.05, 0) is 44.4 Å². The van der Waals surface area contributed by atoms with Crippen molar-refractivity contribution in [2.45, 2.75) is 46.1 Å². The van der Waals surface area contributed by atoms with Crippen molar-refractivity contribution in [1.29, 1.82) is 0 Å². The monoisotopic (exact) mass is 350 g/mol. The van der Waals surface area contributed by atoms with Crippen LogP contribution in [-0.2, 0) is 9.53 Å². The number of carbonyl (C=O) groups excluding carboxylic acids is 2. The fourth-order valence-electron chi connectivity index (χ4n) is 1.98. The number of benzene rings is 1. The summed E-state index contributed by atoms with van der Waals surface area (Å²) in [6, 6.07) is 7.92. The second kappa shape index (κ2) is 9.30. The van der Waals surface area contributed by atoms with Crippen molar-refractivity contribution in [2.24, 2.45) is 0 Å². The fraction of sp³-hybridized carbons (Fsp3) is 0.579. The Labute approximate surface area is 150 Å². The lowest BCUT2D eigenvalue weighted by Crippen LogP contribution is -2.41. The van der Waals surface area contributed by atoms with Crippen LogP contribution >= 0.6 is 0 Å². The van der Waals surface area contributed by atoms with Crippen molar-refractivity contribution in [3.8, 4) is 5.75 Å². The molecule has 0 aliphatic carbocycles. The van der Waals surface area contributed by atoms with Gasteiger partial charge in [0.25, 0.3) is 0 Å². The van der Waals surface area contributed by atoms with Crippen LogP contribution in [0.4, 0.5) is 4.79 Å². The van der Waals surface area contributed by atoms with Gasteiger partial charge >= 0.3 is 6.09 Å². The summed E-state index contributed by atoms with van der Waals surface area (Å²) in [7, 11) is 1.53. The minimum Gasteiger partial charge on any atom is -0.492 e. The quantitative estimate of drug-likeness (QED) is 0.767. The van der Waals surface area contributed by atoms with Crippen LogP contribution < -0.4 is 10.1 Å². The fourth-order valence-corrected chi connectivity index (χ4v) is 1.98. The molecule has 0 saturated heterocycles. The van der Waals surface area contributed by atoms with E-state index in [4.69, 9.17) is 9.47 Å². The highest BCUT2D eigenvalue weighted by molar-refractivity contribution is 5.82. The predicted octanol–water partition coefficient (Wildman–Crippen LogP) is 3.17. The molecule has 0 saturated carbocycles. The van der Waals surface area contributed by atoms with E-state index in [2.05, 4.69) is 19.2 Å². The molecular formula is C19H30N2O4. The van der Waals surface area contributed by atoms with E-state index in [0.29, 0.717) is 19.1 Å². The van der Waals surface area contributed by atoms with Crippen LogP contribution in [0.5, 0.6) is 5.75 Å². The number of amides is 2. The van der Waals surface area contributed by atoms with Gasteiger partial charge in [0.1, 0.15) is 24.5 Å². The Balaban J connectivity index is 2.27. The summed E-state index contributed by atoms with van der Waals surface area (Å²) in [6.45, 7) is 10.3. The highest BCUT2D eigenvalue weighted by Crippen LogP contribution is 2.18. The molecular weight excluding hydrogens is 320 g/mol. The molecule has 1 aromatic rings. The maximum Gasteiger partial charge on any atom is 0.410 e. The Morgan fingerprint density at radius 2 is 1.76 bits per heavy atom. The Morgan fingerprint density at radius 3 is 2.28 bits per heavy atom. The summed E-state index contributed by atoms with van der Waals surface area (Å²) < 4.78 is 10.8. The smallest absolute Gasteiger partial charge is 0.410 e. The van der Waals surface area contributed by atoms with Crippen LogP contribution in [0.1, 0.15) is 46.1 Å². The lowest BCUT2D eigenvalue weighted by Gasteiger charge is -2.24. The van der Waals surface area contributed by atoms with Gasteiger partial charge in [-0.3, -0.25) is 4.79 Å². The average molecular weight is 350 g/mol. The molecule has 25 heavy (non-hydrogen) atoms. The molecule has 0 unspecified atom stereocenters. The Morgan fingerprint density at radius 1 is 1.16 bits per heavy atom. The highest BCUT2D eigenvalue weighted by Gasteiger charge is 2.20. The van der Waals surface area contributed by atoms with Gasteiger partial charge in [-0.1, -0.05) is 26.0 Å². The molecule has 0 bridgehead atoms. The standard InChI is InChI=1S/C19H30N2O4/c1-14(2)15-7-9-16(10-8-15)24-12-11-20-17(22)13-21(6)18(23)25-19(3,4)5/h7-10,14H,11-13H2,1-6H3,(H,20,22). The third-order valence-corrected chi connectivity index (χ3v) is 3.33. The van der Waals surface area contributed by atoms with E-state index in [9.17, 15) is 9.59 Å². The molecule has 0 heterocycles. The van der Waals surface area contributed by atoms with Crippen molar-refractivity contribution < 1.29 is 19.1 Å². The summed E-state index contributed by atoms with van der Waals surface area (Å²) >= 11 is 0. The summed E-state index contributed by atoms with van der Waals surface area (Å²) in [5, 5.41) is 2.72. The molecule has 6 nitrogen and oxygen atoms in total. The first-order chi connectivity index (χ1) is 11.6. The van der Waals surface area contributed by atoms with Crippen LogP contribution in [-0.4, -0.2) is 49.2 Å². The van der Waals surface area contributed by atoms with Crippen molar-refractivity contribution in [3.05, 3.63) is 29.8 Å². The van der Waals surface area contributed by atoms with E-state index >= 15 is 0 Å². The Kier molecular flexibility index (Phi) is 7.74. The number of hydrogen-bond donors (Lipinski definition) is 1. The minimum atomic E-state index is -0.583. The average Bonchev–Trinajstić information content (AvgIpc) is 2.50. The van der Waals surface area contributed by atoms with Crippen LogP contribution in [0.3, 0.4) is 0 Å². The lowest BCUT2D eigenvalue weighted by atomic mass is 10.0. The predicted molar refractivity (Wildman–Crippen MR) is 97.9 cm³/mol. The largest absolute Gasteiger partial charge is 0.492 e. The molecule has 1 N–H and O–H groups in total. The summed E-state index contributed by atoms with van der Waals surface area (Å²) in [5.41, 5.74) is 0.673. The number of likely N-dealkylation sites (N-methyl/N-ethyl adjacent to an activating group) is 1. The van der Waals surface area contributed by atoms with Gasteiger partial charge in [0.15, 0.2) is 0 Å². The number of nitrogens with zero attached hydrogens (tertiary/aromatic N) is 1. The first-order valence-electron chi connectivity index (χ1n) is 8.52. The topological polar surface area (TPSA) is 67.9 Å². The van der Waals surface area contributed by atoms with E-state index in [1.165, 1.54) is 17.5 Å². The SMILES string of the molecule is CC(C)c1ccc(OCCNC(=O)CN(C)C(=O)OC(C)(C)C)cc1. The van der Waals surface area contributed by atoms with Gasteiger partial charge < -0.3 is 19.7 Å². The maximum atomic E-state index is 11.8. The normalized spacial score (nSPS) is 11.2. The zero-order valence-corrected chi connectivity index (χ0v) is 16.1. The third-order valence-electron chi connectivity index (χ3n) is 3.33. The van der Waals surface area contributed by atoms with Gasteiger partial charge in [0, 0.05) is 7.05 Å². The molecule has 6 heteroatoms. The summed E-state index contributed by atoms with van der Waals surface area (Å²) in [4.78, 5) is 24.9. The van der Waals surface area contributed by atoms with Crippen molar-refractivity contribution in [1.82, 2.24) is 10.2 Å².